The van der Waals surface area contributed by atoms with E-state index >= 15 is 0 Å². The lowest BCUT2D eigenvalue weighted by Gasteiger charge is -2.47. The van der Waals surface area contributed by atoms with Crippen LogP contribution in [0.1, 0.15) is 25.3 Å². The van der Waals surface area contributed by atoms with Gasteiger partial charge in [0.15, 0.2) is 0 Å². The number of piperidine rings is 1. The molecule has 5 nitrogen and oxygen atoms in total. The van der Waals surface area contributed by atoms with E-state index in [0.717, 1.165) is 18.4 Å². The predicted molar refractivity (Wildman–Crippen MR) is 91.9 cm³/mol. The summed E-state index contributed by atoms with van der Waals surface area (Å²) in [5.41, 5.74) is 0.633. The highest BCUT2D eigenvalue weighted by Crippen LogP contribution is 2.30. The van der Waals surface area contributed by atoms with Crippen molar-refractivity contribution in [3.63, 3.8) is 0 Å². The molecule has 0 N–H and O–H groups in total. The molecule has 0 atom stereocenters. The Labute approximate surface area is 147 Å². The first kappa shape index (κ1) is 17.2. The van der Waals surface area contributed by atoms with Crippen molar-refractivity contribution in [2.75, 3.05) is 32.8 Å². The van der Waals surface area contributed by atoms with Crippen LogP contribution in [-0.4, -0.2) is 60.0 Å². The highest BCUT2D eigenvalue weighted by Gasteiger charge is 2.41. The normalized spacial score (nSPS) is 20.2. The van der Waals surface area contributed by atoms with E-state index in [1.54, 1.807) is 6.92 Å². The zero-order valence-electron chi connectivity index (χ0n) is 14.0. The van der Waals surface area contributed by atoms with Crippen LogP contribution in [-0.2, 0) is 20.7 Å². The van der Waals surface area contributed by atoms with Crippen LogP contribution in [0.5, 0.6) is 0 Å². The van der Waals surface area contributed by atoms with Gasteiger partial charge >= 0.3 is 0 Å². The Morgan fingerprint density at radius 2 is 1.96 bits per heavy atom. The number of likely N-dealkylation sites (tertiary alicyclic amines) is 1. The zero-order valence-corrected chi connectivity index (χ0v) is 14.7. The summed E-state index contributed by atoms with van der Waals surface area (Å²) in [5, 5.41) is 0.648. The molecule has 1 aromatic carbocycles. The molecule has 0 aromatic heterocycles. The smallest absolute Gasteiger partial charge is 0.227 e. The van der Waals surface area contributed by atoms with E-state index in [0.29, 0.717) is 44.2 Å². The summed E-state index contributed by atoms with van der Waals surface area (Å²) in [6, 6.07) is 7.43. The van der Waals surface area contributed by atoms with Crippen LogP contribution in [0.2, 0.25) is 5.02 Å². The number of hydrogen-bond acceptors (Lipinski definition) is 3. The Hall–Kier alpha value is -1.59. The van der Waals surface area contributed by atoms with Gasteiger partial charge in [-0.1, -0.05) is 23.7 Å². The minimum Gasteiger partial charge on any atom is -0.371 e. The molecule has 3 rings (SSSR count). The summed E-state index contributed by atoms with van der Waals surface area (Å²) < 4.78 is 6.03. The monoisotopic (exact) mass is 350 g/mol. The van der Waals surface area contributed by atoms with E-state index in [4.69, 9.17) is 16.3 Å². The molecule has 1 spiro atoms. The third-order valence-corrected chi connectivity index (χ3v) is 5.20. The molecular formula is C18H23ClN2O3. The average molecular weight is 351 g/mol. The third kappa shape index (κ3) is 3.90. The number of nitrogens with zero attached hydrogens (tertiary/aromatic N) is 2. The second-order valence-electron chi connectivity index (χ2n) is 6.66. The number of halogens is 1. The lowest BCUT2D eigenvalue weighted by atomic mass is 9.89. The topological polar surface area (TPSA) is 49.9 Å². The molecule has 1 aromatic rings. The molecule has 0 radical (unpaired) electrons. The molecule has 0 saturated carbocycles. The molecule has 24 heavy (non-hydrogen) atoms. The van der Waals surface area contributed by atoms with Gasteiger partial charge in [0.2, 0.25) is 11.8 Å². The van der Waals surface area contributed by atoms with Crippen molar-refractivity contribution >= 4 is 23.4 Å². The van der Waals surface area contributed by atoms with E-state index in [1.807, 2.05) is 34.1 Å². The number of carbonyl (C=O) groups is 2. The maximum absolute atomic E-state index is 12.6. The summed E-state index contributed by atoms with van der Waals surface area (Å²) in [5.74, 6) is 0.212. The van der Waals surface area contributed by atoms with Gasteiger partial charge in [0.05, 0.1) is 18.6 Å². The lowest BCUT2D eigenvalue weighted by Crippen LogP contribution is -2.58. The molecule has 2 fully saturated rings. The fourth-order valence-electron chi connectivity index (χ4n) is 3.52. The highest BCUT2D eigenvalue weighted by atomic mass is 35.5. The van der Waals surface area contributed by atoms with Gasteiger partial charge < -0.3 is 14.5 Å². The first-order valence-corrected chi connectivity index (χ1v) is 8.77. The predicted octanol–water partition coefficient (Wildman–Crippen LogP) is 2.12. The molecular weight excluding hydrogens is 328 g/mol. The maximum Gasteiger partial charge on any atom is 0.227 e. The van der Waals surface area contributed by atoms with E-state index in [1.165, 1.54) is 0 Å². The second-order valence-corrected chi connectivity index (χ2v) is 7.10. The molecule has 2 aliphatic rings. The Morgan fingerprint density at radius 1 is 1.21 bits per heavy atom. The SMILES string of the molecule is CC(=O)N1CCC2(CC1)CN(C(=O)Cc1cccc(Cl)c1)CCO2. The van der Waals surface area contributed by atoms with E-state index in [2.05, 4.69) is 0 Å². The Balaban J connectivity index is 1.61. The van der Waals surface area contributed by atoms with Crippen molar-refractivity contribution < 1.29 is 14.3 Å². The molecule has 0 aliphatic carbocycles. The van der Waals surface area contributed by atoms with Gasteiger partial charge in [-0.3, -0.25) is 9.59 Å². The number of amides is 2. The minimum atomic E-state index is -0.297. The number of benzene rings is 1. The summed E-state index contributed by atoms with van der Waals surface area (Å²) >= 11 is 5.99. The summed E-state index contributed by atoms with van der Waals surface area (Å²) in [7, 11) is 0. The summed E-state index contributed by atoms with van der Waals surface area (Å²) in [6.45, 7) is 4.79. The number of rotatable bonds is 2. The highest BCUT2D eigenvalue weighted by molar-refractivity contribution is 6.30. The van der Waals surface area contributed by atoms with Crippen LogP contribution in [0, 0.1) is 0 Å². The second kappa shape index (κ2) is 7.11. The van der Waals surface area contributed by atoms with Crippen molar-refractivity contribution in [1.29, 1.82) is 0 Å². The quantitative estimate of drug-likeness (QED) is 0.821. The van der Waals surface area contributed by atoms with Gasteiger partial charge in [-0.25, -0.2) is 0 Å². The summed E-state index contributed by atoms with van der Waals surface area (Å²) in [6.07, 6.45) is 1.93. The molecule has 2 heterocycles. The molecule has 0 unspecified atom stereocenters. The fourth-order valence-corrected chi connectivity index (χ4v) is 3.74. The van der Waals surface area contributed by atoms with E-state index in [-0.39, 0.29) is 17.4 Å². The first-order chi connectivity index (χ1) is 11.5. The number of hydrogen-bond donors (Lipinski definition) is 0. The average Bonchev–Trinajstić information content (AvgIpc) is 2.55. The van der Waals surface area contributed by atoms with Crippen LogP contribution >= 0.6 is 11.6 Å². The lowest BCUT2D eigenvalue weighted by molar-refractivity contribution is -0.162. The Bertz CT molecular complexity index is 626. The van der Waals surface area contributed by atoms with Crippen LogP contribution < -0.4 is 0 Å². The van der Waals surface area contributed by atoms with Crippen LogP contribution in [0.25, 0.3) is 0 Å². The van der Waals surface area contributed by atoms with E-state index in [9.17, 15) is 9.59 Å². The maximum atomic E-state index is 12.6. The van der Waals surface area contributed by atoms with Gasteiger partial charge in [-0.15, -0.1) is 0 Å². The summed E-state index contributed by atoms with van der Waals surface area (Å²) in [4.78, 5) is 27.9. The molecule has 2 saturated heterocycles. The van der Waals surface area contributed by atoms with Gasteiger partial charge in [-0.05, 0) is 30.5 Å². The molecule has 2 amide bonds. The van der Waals surface area contributed by atoms with Crippen molar-refractivity contribution in [2.24, 2.45) is 0 Å². The van der Waals surface area contributed by atoms with Crippen molar-refractivity contribution in [2.45, 2.75) is 31.8 Å². The minimum absolute atomic E-state index is 0.105. The van der Waals surface area contributed by atoms with Crippen molar-refractivity contribution in [3.8, 4) is 0 Å². The molecule has 0 bridgehead atoms. The van der Waals surface area contributed by atoms with Gasteiger partial charge in [0, 0.05) is 38.1 Å². The zero-order chi connectivity index (χ0) is 17.2. The van der Waals surface area contributed by atoms with Crippen molar-refractivity contribution in [3.05, 3.63) is 34.9 Å². The van der Waals surface area contributed by atoms with E-state index < -0.39 is 0 Å². The van der Waals surface area contributed by atoms with Gasteiger partial charge in [0.25, 0.3) is 0 Å². The fraction of sp³-hybridized carbons (Fsp3) is 0.556. The molecule has 6 heteroatoms. The van der Waals surface area contributed by atoms with Crippen LogP contribution in [0.4, 0.5) is 0 Å². The Morgan fingerprint density at radius 3 is 2.62 bits per heavy atom. The van der Waals surface area contributed by atoms with Gasteiger partial charge in [-0.2, -0.15) is 0 Å². The largest absolute Gasteiger partial charge is 0.371 e. The van der Waals surface area contributed by atoms with Crippen LogP contribution in [0.15, 0.2) is 24.3 Å². The Kier molecular flexibility index (Phi) is 5.11. The standard InChI is InChI=1S/C18H23ClN2O3/c1-14(22)20-7-5-18(6-8-20)13-21(9-10-24-18)17(23)12-15-3-2-4-16(19)11-15/h2-4,11H,5-10,12-13H2,1H3. The molecule has 130 valence electrons. The molecule has 2 aliphatic heterocycles. The van der Waals surface area contributed by atoms with Crippen molar-refractivity contribution in [1.82, 2.24) is 9.80 Å². The number of ether oxygens (including phenoxy) is 1. The van der Waals surface area contributed by atoms with Crippen LogP contribution in [0.3, 0.4) is 0 Å². The first-order valence-electron chi connectivity index (χ1n) is 8.39. The van der Waals surface area contributed by atoms with Gasteiger partial charge in [0.1, 0.15) is 0 Å². The number of carbonyl (C=O) groups excluding carboxylic acids is 2. The third-order valence-electron chi connectivity index (χ3n) is 4.97. The number of morpholine rings is 1.